The first-order valence-corrected chi connectivity index (χ1v) is 8.81. The van der Waals surface area contributed by atoms with Gasteiger partial charge in [0.1, 0.15) is 0 Å². The summed E-state index contributed by atoms with van der Waals surface area (Å²) in [4.78, 5) is 0. The molecule has 0 fully saturated rings. The first-order chi connectivity index (χ1) is 9.72. The Kier molecular flexibility index (Phi) is 4.23. The Hall–Kier alpha value is -1.12. The lowest BCUT2D eigenvalue weighted by Crippen LogP contribution is -1.92. The highest BCUT2D eigenvalue weighted by Gasteiger charge is 2.13. The summed E-state index contributed by atoms with van der Waals surface area (Å²) >= 11 is 3.92. The first kappa shape index (κ1) is 13.8. The van der Waals surface area contributed by atoms with Crippen molar-refractivity contribution in [2.75, 3.05) is 0 Å². The van der Waals surface area contributed by atoms with Gasteiger partial charge in [0, 0.05) is 15.7 Å². The normalized spacial score (nSPS) is 14.6. The van der Waals surface area contributed by atoms with Gasteiger partial charge in [0.05, 0.1) is 0 Å². The summed E-state index contributed by atoms with van der Waals surface area (Å²) in [5.74, 6) is 2.17. The number of rotatable bonds is 1. The second-order valence-electron chi connectivity index (χ2n) is 5.16. The molecule has 0 saturated heterocycles. The zero-order chi connectivity index (χ0) is 13.9. The van der Waals surface area contributed by atoms with Crippen LogP contribution in [0.5, 0.6) is 0 Å². The van der Waals surface area contributed by atoms with Gasteiger partial charge >= 0.3 is 0 Å². The Balaban J connectivity index is 1.84. The zero-order valence-corrected chi connectivity index (χ0v) is 13.5. The molecule has 1 aliphatic heterocycles. The van der Waals surface area contributed by atoms with Crippen LogP contribution in [0.2, 0.25) is 0 Å². The van der Waals surface area contributed by atoms with E-state index in [4.69, 9.17) is 0 Å². The number of hydrogen-bond acceptors (Lipinski definition) is 2. The largest absolute Gasteiger partial charge is 0.114 e. The maximum atomic E-state index is 2.36. The molecule has 0 nitrogen and oxygen atoms in total. The van der Waals surface area contributed by atoms with Crippen molar-refractivity contribution in [1.82, 2.24) is 0 Å². The van der Waals surface area contributed by atoms with E-state index in [-0.39, 0.29) is 0 Å². The third-order valence-electron chi connectivity index (χ3n) is 3.64. The summed E-state index contributed by atoms with van der Waals surface area (Å²) in [6.45, 7) is 4.41. The van der Waals surface area contributed by atoms with E-state index in [1.54, 1.807) is 0 Å². The number of thioether (sulfide) groups is 2. The minimum atomic E-state index is 1.09. The van der Waals surface area contributed by atoms with Crippen molar-refractivity contribution < 1.29 is 0 Å². The predicted molar refractivity (Wildman–Crippen MR) is 92.9 cm³/mol. The van der Waals surface area contributed by atoms with Crippen molar-refractivity contribution >= 4 is 29.6 Å². The molecule has 0 aliphatic carbocycles. The summed E-state index contributed by atoms with van der Waals surface area (Å²) in [5.41, 5.74) is 7.11. The van der Waals surface area contributed by atoms with Gasteiger partial charge in [0.25, 0.3) is 0 Å². The van der Waals surface area contributed by atoms with Crippen LogP contribution in [0.1, 0.15) is 27.8 Å². The Morgan fingerprint density at radius 1 is 0.850 bits per heavy atom. The van der Waals surface area contributed by atoms with Crippen LogP contribution in [0.4, 0.5) is 0 Å². The molecule has 0 atom stereocenters. The lowest BCUT2D eigenvalue weighted by Gasteiger charge is -2.08. The smallest absolute Gasteiger partial charge is 0.0413 e. The summed E-state index contributed by atoms with van der Waals surface area (Å²) in [6.07, 6.45) is 2.31. The number of fused-ring (bicyclic) bond motifs is 1. The third kappa shape index (κ3) is 3.13. The average Bonchev–Trinajstić information content (AvgIpc) is 2.64. The SMILES string of the molecule is Cc1cc2c(cc1C)CSC(=Cc1ccccc1)SC2. The van der Waals surface area contributed by atoms with Crippen molar-refractivity contribution in [3.63, 3.8) is 0 Å². The minimum absolute atomic E-state index is 1.09. The summed E-state index contributed by atoms with van der Waals surface area (Å²) in [6, 6.07) is 15.3. The molecule has 20 heavy (non-hydrogen) atoms. The van der Waals surface area contributed by atoms with Gasteiger partial charge < -0.3 is 0 Å². The van der Waals surface area contributed by atoms with E-state index in [0.29, 0.717) is 0 Å². The topological polar surface area (TPSA) is 0 Å². The predicted octanol–water partition coefficient (Wildman–Crippen LogP) is 5.78. The fraction of sp³-hybridized carbons (Fsp3) is 0.222. The lowest BCUT2D eigenvalue weighted by molar-refractivity contribution is 1.22. The van der Waals surface area contributed by atoms with E-state index in [9.17, 15) is 0 Å². The molecule has 2 heteroatoms. The van der Waals surface area contributed by atoms with Crippen LogP contribution >= 0.6 is 23.5 Å². The Bertz CT molecular complexity index is 607. The van der Waals surface area contributed by atoms with Crippen LogP contribution in [0, 0.1) is 13.8 Å². The van der Waals surface area contributed by atoms with Crippen molar-refractivity contribution in [3.05, 3.63) is 74.5 Å². The van der Waals surface area contributed by atoms with Crippen molar-refractivity contribution in [2.24, 2.45) is 0 Å². The molecule has 2 aromatic carbocycles. The second kappa shape index (κ2) is 6.11. The molecule has 3 rings (SSSR count). The molecule has 1 aliphatic rings. The zero-order valence-electron chi connectivity index (χ0n) is 11.8. The molecule has 2 aromatic rings. The second-order valence-corrected chi connectivity index (χ2v) is 7.45. The van der Waals surface area contributed by atoms with E-state index in [1.165, 1.54) is 32.1 Å². The van der Waals surface area contributed by atoms with Crippen molar-refractivity contribution in [1.29, 1.82) is 0 Å². The van der Waals surface area contributed by atoms with Crippen LogP contribution < -0.4 is 0 Å². The average molecular weight is 298 g/mol. The molecule has 102 valence electrons. The highest BCUT2D eigenvalue weighted by Crippen LogP contribution is 2.40. The van der Waals surface area contributed by atoms with E-state index >= 15 is 0 Å². The molecular formula is C18H18S2. The van der Waals surface area contributed by atoms with E-state index in [1.807, 2.05) is 23.5 Å². The molecule has 0 spiro atoms. The molecule has 0 aromatic heterocycles. The molecule has 0 unspecified atom stereocenters. The van der Waals surface area contributed by atoms with Gasteiger partial charge in [-0.05, 0) is 47.7 Å². The molecule has 0 radical (unpaired) electrons. The summed E-state index contributed by atoms with van der Waals surface area (Å²) < 4.78 is 1.42. The minimum Gasteiger partial charge on any atom is -0.114 e. The molecule has 0 bridgehead atoms. The van der Waals surface area contributed by atoms with Crippen LogP contribution in [-0.4, -0.2) is 0 Å². The summed E-state index contributed by atoms with van der Waals surface area (Å²) in [7, 11) is 0. The summed E-state index contributed by atoms with van der Waals surface area (Å²) in [5, 5.41) is 0. The standard InChI is InChI=1S/C18H18S2/c1-13-8-16-11-19-18(10-15-6-4-3-5-7-15)20-12-17(16)9-14(13)2/h3-10H,11-12H2,1-2H3. The fourth-order valence-electron chi connectivity index (χ4n) is 2.31. The lowest BCUT2D eigenvalue weighted by atomic mass is 10.0. The van der Waals surface area contributed by atoms with Gasteiger partial charge in [0.2, 0.25) is 0 Å². The van der Waals surface area contributed by atoms with Gasteiger partial charge in [-0.3, -0.25) is 0 Å². The third-order valence-corrected chi connectivity index (χ3v) is 6.06. The monoisotopic (exact) mass is 298 g/mol. The number of benzene rings is 2. The van der Waals surface area contributed by atoms with Crippen LogP contribution in [0.3, 0.4) is 0 Å². The number of aryl methyl sites for hydroxylation is 2. The van der Waals surface area contributed by atoms with Gasteiger partial charge in [-0.2, -0.15) is 0 Å². The Morgan fingerprint density at radius 2 is 1.40 bits per heavy atom. The van der Waals surface area contributed by atoms with Crippen LogP contribution in [0.25, 0.3) is 6.08 Å². The quantitative estimate of drug-likeness (QED) is 0.654. The molecular weight excluding hydrogens is 280 g/mol. The maximum absolute atomic E-state index is 2.36. The first-order valence-electron chi connectivity index (χ1n) is 6.84. The van der Waals surface area contributed by atoms with Crippen molar-refractivity contribution in [3.8, 4) is 0 Å². The number of hydrogen-bond donors (Lipinski definition) is 0. The molecule has 0 amide bonds. The molecule has 0 N–H and O–H groups in total. The highest BCUT2D eigenvalue weighted by atomic mass is 32.2. The van der Waals surface area contributed by atoms with Gasteiger partial charge in [-0.25, -0.2) is 0 Å². The van der Waals surface area contributed by atoms with Crippen LogP contribution in [-0.2, 0) is 11.5 Å². The van der Waals surface area contributed by atoms with E-state index in [2.05, 4.69) is 62.4 Å². The van der Waals surface area contributed by atoms with E-state index in [0.717, 1.165) is 11.5 Å². The van der Waals surface area contributed by atoms with E-state index < -0.39 is 0 Å². The maximum Gasteiger partial charge on any atom is 0.0413 e. The highest BCUT2D eigenvalue weighted by molar-refractivity contribution is 8.21. The Labute approximate surface area is 129 Å². The van der Waals surface area contributed by atoms with Gasteiger partial charge in [-0.15, -0.1) is 23.5 Å². The van der Waals surface area contributed by atoms with Crippen molar-refractivity contribution in [2.45, 2.75) is 25.4 Å². The van der Waals surface area contributed by atoms with Gasteiger partial charge in [-0.1, -0.05) is 42.5 Å². The Morgan fingerprint density at radius 3 is 1.95 bits per heavy atom. The van der Waals surface area contributed by atoms with Crippen LogP contribution in [0.15, 0.2) is 46.7 Å². The fourth-order valence-corrected chi connectivity index (χ4v) is 4.57. The van der Waals surface area contributed by atoms with Gasteiger partial charge in [0.15, 0.2) is 0 Å². The molecule has 1 heterocycles. The molecule has 0 saturated carbocycles.